The molecule has 1 amide bonds. The van der Waals surface area contributed by atoms with Crippen molar-refractivity contribution in [2.45, 2.75) is 11.5 Å². The summed E-state index contributed by atoms with van der Waals surface area (Å²) in [6, 6.07) is 7.78. The summed E-state index contributed by atoms with van der Waals surface area (Å²) in [5, 5.41) is 8.50. The lowest BCUT2D eigenvalue weighted by atomic mass is 10.1. The number of hydrogen-bond acceptors (Lipinski definition) is 3. The molecule has 0 spiro atoms. The van der Waals surface area contributed by atoms with Crippen molar-refractivity contribution in [3.8, 4) is 0 Å². The second kappa shape index (κ2) is 4.91. The molecule has 112 valence electrons. The molecular weight excluding hydrogens is 296 g/mol. The molecule has 1 N–H and O–H groups in total. The van der Waals surface area contributed by atoms with Gasteiger partial charge in [-0.1, -0.05) is 6.07 Å². The Morgan fingerprint density at radius 3 is 3.00 bits per heavy atom. The van der Waals surface area contributed by atoms with Crippen LogP contribution in [-0.4, -0.2) is 20.3 Å². The van der Waals surface area contributed by atoms with Crippen LogP contribution in [-0.2, 0) is 25.6 Å². The lowest BCUT2D eigenvalue weighted by Crippen LogP contribution is -2.16. The fraction of sp³-hybridized carbons (Fsp3) is 0.250. The second-order valence-corrected chi connectivity index (χ2v) is 6.50. The zero-order chi connectivity index (χ0) is 15.3. The van der Waals surface area contributed by atoms with Crippen LogP contribution < -0.4 is 5.32 Å². The normalized spacial score (nSPS) is 13.5. The van der Waals surface area contributed by atoms with Gasteiger partial charge in [-0.05, 0) is 18.2 Å². The molecule has 0 radical (unpaired) electrons. The topological polar surface area (TPSA) is 51.9 Å². The molecule has 5 nitrogen and oxygen atoms in total. The van der Waals surface area contributed by atoms with E-state index in [9.17, 15) is 4.79 Å². The predicted molar refractivity (Wildman–Crippen MR) is 89.1 cm³/mol. The van der Waals surface area contributed by atoms with Crippen molar-refractivity contribution in [3.05, 3.63) is 47.3 Å². The number of amides is 1. The number of thioether (sulfide) groups is 1. The molecule has 0 bridgehead atoms. The van der Waals surface area contributed by atoms with E-state index in [1.807, 2.05) is 60.9 Å². The third kappa shape index (κ3) is 1.94. The van der Waals surface area contributed by atoms with E-state index in [0.717, 1.165) is 39.5 Å². The molecule has 22 heavy (non-hydrogen) atoms. The molecule has 1 aliphatic rings. The third-order valence-electron chi connectivity index (χ3n) is 4.12. The van der Waals surface area contributed by atoms with E-state index in [1.165, 1.54) is 0 Å². The first-order valence-electron chi connectivity index (χ1n) is 7.13. The van der Waals surface area contributed by atoms with Gasteiger partial charge in [0.1, 0.15) is 5.82 Å². The summed E-state index contributed by atoms with van der Waals surface area (Å²) in [7, 11) is 3.86. The Morgan fingerprint density at radius 1 is 1.27 bits per heavy atom. The largest absolute Gasteiger partial charge is 0.351 e. The highest BCUT2D eigenvalue weighted by atomic mass is 32.2. The summed E-state index contributed by atoms with van der Waals surface area (Å²) < 4.78 is 3.79. The predicted octanol–water partition coefficient (Wildman–Crippen LogP) is 2.91. The van der Waals surface area contributed by atoms with E-state index < -0.39 is 0 Å². The van der Waals surface area contributed by atoms with Gasteiger partial charge in [-0.3, -0.25) is 9.48 Å². The summed E-state index contributed by atoms with van der Waals surface area (Å²) in [6.07, 6.45) is 1.97. The maximum atomic E-state index is 12.7. The maximum Gasteiger partial charge on any atom is 0.257 e. The van der Waals surface area contributed by atoms with Gasteiger partial charge >= 0.3 is 0 Å². The number of carbonyl (C=O) groups is 1. The average Bonchev–Trinajstić information content (AvgIpc) is 3.17. The number of aryl methyl sites for hydroxylation is 2. The number of rotatable bonds is 2. The van der Waals surface area contributed by atoms with Crippen molar-refractivity contribution in [3.63, 3.8) is 0 Å². The highest BCUT2D eigenvalue weighted by Crippen LogP contribution is 2.34. The van der Waals surface area contributed by atoms with Crippen LogP contribution in [0.1, 0.15) is 21.6 Å². The number of nitrogens with zero attached hydrogens (tertiary/aromatic N) is 3. The quantitative estimate of drug-likeness (QED) is 0.791. The molecule has 3 aromatic rings. The molecular formula is C16H16N4OS. The van der Waals surface area contributed by atoms with E-state index in [1.54, 1.807) is 4.68 Å². The van der Waals surface area contributed by atoms with Crippen LogP contribution in [0.2, 0.25) is 0 Å². The van der Waals surface area contributed by atoms with Crippen molar-refractivity contribution >= 4 is 34.4 Å². The summed E-state index contributed by atoms with van der Waals surface area (Å²) in [5.41, 5.74) is 3.99. The lowest BCUT2D eigenvalue weighted by molar-refractivity contribution is 0.102. The van der Waals surface area contributed by atoms with Crippen LogP contribution in [0.15, 0.2) is 30.5 Å². The second-order valence-electron chi connectivity index (χ2n) is 5.51. The average molecular weight is 312 g/mol. The minimum absolute atomic E-state index is 0.0838. The Kier molecular flexibility index (Phi) is 3.00. The van der Waals surface area contributed by atoms with E-state index in [0.29, 0.717) is 5.56 Å². The molecule has 3 heterocycles. The minimum Gasteiger partial charge on any atom is -0.351 e. The molecule has 0 saturated heterocycles. The molecule has 6 heteroatoms. The van der Waals surface area contributed by atoms with Crippen molar-refractivity contribution in [2.24, 2.45) is 14.1 Å². The van der Waals surface area contributed by atoms with Crippen LogP contribution in [0, 0.1) is 0 Å². The van der Waals surface area contributed by atoms with Crippen LogP contribution in [0.25, 0.3) is 10.9 Å². The molecule has 0 fully saturated rings. The number of carbonyl (C=O) groups excluding carboxylic acids is 1. The van der Waals surface area contributed by atoms with E-state index in [4.69, 9.17) is 0 Å². The molecule has 0 unspecified atom stereocenters. The number of fused-ring (bicyclic) bond motifs is 2. The molecule has 1 aliphatic heterocycles. The van der Waals surface area contributed by atoms with Gasteiger partial charge in [0.25, 0.3) is 5.91 Å². The lowest BCUT2D eigenvalue weighted by Gasteiger charge is -2.09. The highest BCUT2D eigenvalue weighted by molar-refractivity contribution is 7.98. The Hall–Kier alpha value is -2.21. The number of aromatic nitrogens is 3. The molecule has 0 aliphatic carbocycles. The maximum absolute atomic E-state index is 12.7. The number of hydrogen-bond donors (Lipinski definition) is 1. The van der Waals surface area contributed by atoms with Crippen molar-refractivity contribution in [1.82, 2.24) is 14.3 Å². The van der Waals surface area contributed by atoms with Gasteiger partial charge in [0, 0.05) is 53.8 Å². The molecule has 2 aromatic heterocycles. The highest BCUT2D eigenvalue weighted by Gasteiger charge is 2.23. The van der Waals surface area contributed by atoms with Crippen molar-refractivity contribution < 1.29 is 4.79 Å². The van der Waals surface area contributed by atoms with Crippen LogP contribution >= 0.6 is 11.8 Å². The van der Waals surface area contributed by atoms with Crippen molar-refractivity contribution in [1.29, 1.82) is 0 Å². The standard InChI is InChI=1S/C16H16N4OS/c1-19-7-6-10-11(4-3-5-14(10)19)16(21)17-15-12-8-22-9-13(12)18-20(15)2/h3-7H,8-9H2,1-2H3,(H,17,21). The SMILES string of the molecule is Cn1nc2c(c1NC(=O)c1cccc3c1ccn3C)CSC2. The van der Waals surface area contributed by atoms with Gasteiger partial charge in [0.2, 0.25) is 0 Å². The first-order valence-corrected chi connectivity index (χ1v) is 8.28. The summed E-state index contributed by atoms with van der Waals surface area (Å²) >= 11 is 1.83. The molecule has 4 rings (SSSR count). The number of anilines is 1. The molecule has 0 atom stereocenters. The summed E-state index contributed by atoms with van der Waals surface area (Å²) in [5.74, 6) is 2.57. The Morgan fingerprint density at radius 2 is 2.14 bits per heavy atom. The number of nitrogens with one attached hydrogen (secondary N) is 1. The van der Waals surface area contributed by atoms with Crippen LogP contribution in [0.5, 0.6) is 0 Å². The van der Waals surface area contributed by atoms with Crippen molar-refractivity contribution in [2.75, 3.05) is 5.32 Å². The monoisotopic (exact) mass is 312 g/mol. The first-order chi connectivity index (χ1) is 10.6. The van der Waals surface area contributed by atoms with Gasteiger partial charge in [-0.15, -0.1) is 0 Å². The summed E-state index contributed by atoms with van der Waals surface area (Å²) in [6.45, 7) is 0. The fourth-order valence-electron chi connectivity index (χ4n) is 2.97. The molecule has 1 aromatic carbocycles. The zero-order valence-electron chi connectivity index (χ0n) is 12.5. The fourth-order valence-corrected chi connectivity index (χ4v) is 4.01. The van der Waals surface area contributed by atoms with Gasteiger partial charge in [0.15, 0.2) is 0 Å². The number of benzene rings is 1. The Labute approximate surface area is 132 Å². The Balaban J connectivity index is 1.73. The van der Waals surface area contributed by atoms with E-state index >= 15 is 0 Å². The third-order valence-corrected chi connectivity index (χ3v) is 5.09. The van der Waals surface area contributed by atoms with E-state index in [-0.39, 0.29) is 5.91 Å². The van der Waals surface area contributed by atoms with Crippen LogP contribution in [0.3, 0.4) is 0 Å². The van der Waals surface area contributed by atoms with Crippen LogP contribution in [0.4, 0.5) is 5.82 Å². The summed E-state index contributed by atoms with van der Waals surface area (Å²) in [4.78, 5) is 12.7. The Bertz CT molecular complexity index is 893. The smallest absolute Gasteiger partial charge is 0.257 e. The van der Waals surface area contributed by atoms with Gasteiger partial charge in [-0.2, -0.15) is 16.9 Å². The van der Waals surface area contributed by atoms with Gasteiger partial charge in [0.05, 0.1) is 5.69 Å². The minimum atomic E-state index is -0.0838. The van der Waals surface area contributed by atoms with Gasteiger partial charge < -0.3 is 9.88 Å². The van der Waals surface area contributed by atoms with Gasteiger partial charge in [-0.25, -0.2) is 0 Å². The molecule has 0 saturated carbocycles. The van der Waals surface area contributed by atoms with E-state index in [2.05, 4.69) is 10.4 Å². The zero-order valence-corrected chi connectivity index (χ0v) is 13.3. The first kappa shape index (κ1) is 13.5.